The second kappa shape index (κ2) is 8.45. The molecule has 8 nitrogen and oxygen atoms in total. The van der Waals surface area contributed by atoms with Gasteiger partial charge in [-0.05, 0) is 31.0 Å². The van der Waals surface area contributed by atoms with E-state index in [1.54, 1.807) is 13.1 Å². The lowest BCUT2D eigenvalue weighted by molar-refractivity contribution is -0.132. The normalized spacial score (nSPS) is 15.7. The Morgan fingerprint density at radius 2 is 1.93 bits per heavy atom. The van der Waals surface area contributed by atoms with Crippen LogP contribution in [-0.4, -0.2) is 58.6 Å². The van der Waals surface area contributed by atoms with E-state index in [-0.39, 0.29) is 16.2 Å². The van der Waals surface area contributed by atoms with E-state index in [0.717, 1.165) is 6.42 Å². The van der Waals surface area contributed by atoms with Crippen molar-refractivity contribution in [3.63, 3.8) is 0 Å². The SMILES string of the molecule is CC(NS(=O)(=O)c1ccc2c(c1)OCCCO2)C(=O)N(C)CC(C)(C)CN. The summed E-state index contributed by atoms with van der Waals surface area (Å²) >= 11 is 0. The van der Waals surface area contributed by atoms with Crippen molar-refractivity contribution in [3.8, 4) is 11.5 Å². The number of nitrogens with zero attached hydrogens (tertiary/aromatic N) is 1. The molecule has 3 N–H and O–H groups in total. The highest BCUT2D eigenvalue weighted by Gasteiger charge is 2.28. The van der Waals surface area contributed by atoms with E-state index in [4.69, 9.17) is 15.2 Å². The largest absolute Gasteiger partial charge is 0.490 e. The van der Waals surface area contributed by atoms with Gasteiger partial charge in [-0.3, -0.25) is 4.79 Å². The predicted octanol–water partition coefficient (Wildman–Crippen LogP) is 0.958. The summed E-state index contributed by atoms with van der Waals surface area (Å²) in [6, 6.07) is 3.51. The molecule has 0 aliphatic carbocycles. The Kier molecular flexibility index (Phi) is 6.72. The number of benzene rings is 1. The number of likely N-dealkylation sites (N-methyl/N-ethyl adjacent to an activating group) is 1. The van der Waals surface area contributed by atoms with Gasteiger partial charge in [0.15, 0.2) is 11.5 Å². The summed E-state index contributed by atoms with van der Waals surface area (Å²) in [5, 5.41) is 0. The number of hydrogen-bond donors (Lipinski definition) is 2. The zero-order chi connectivity index (χ0) is 20.2. The second-order valence-electron chi connectivity index (χ2n) is 7.56. The Balaban J connectivity index is 2.11. The van der Waals surface area contributed by atoms with E-state index in [9.17, 15) is 13.2 Å². The average molecular weight is 400 g/mol. The first kappa shape index (κ1) is 21.5. The van der Waals surface area contributed by atoms with Crippen molar-refractivity contribution in [3.05, 3.63) is 18.2 Å². The molecule has 27 heavy (non-hydrogen) atoms. The third-order valence-corrected chi connectivity index (χ3v) is 5.86. The van der Waals surface area contributed by atoms with Gasteiger partial charge < -0.3 is 20.1 Å². The standard InChI is InChI=1S/C18H29N3O5S/c1-13(17(22)21(4)12-18(2,3)11-19)20-27(23,24)14-6-7-15-16(10-14)26-9-5-8-25-15/h6-7,10,13,20H,5,8-9,11-12,19H2,1-4H3. The van der Waals surface area contributed by atoms with Crippen molar-refractivity contribution >= 4 is 15.9 Å². The number of nitrogens with one attached hydrogen (secondary N) is 1. The first-order valence-electron chi connectivity index (χ1n) is 8.93. The van der Waals surface area contributed by atoms with E-state index in [1.807, 2.05) is 13.8 Å². The smallest absolute Gasteiger partial charge is 0.241 e. The first-order valence-corrected chi connectivity index (χ1v) is 10.4. The number of sulfonamides is 1. The Bertz CT molecular complexity index is 779. The summed E-state index contributed by atoms with van der Waals surface area (Å²) in [6.45, 7) is 7.25. The maximum atomic E-state index is 12.7. The van der Waals surface area contributed by atoms with Crippen LogP contribution in [0.3, 0.4) is 0 Å². The number of fused-ring (bicyclic) bond motifs is 1. The minimum absolute atomic E-state index is 0.0244. The van der Waals surface area contributed by atoms with Crippen molar-refractivity contribution in [2.75, 3.05) is 33.4 Å². The van der Waals surface area contributed by atoms with Gasteiger partial charge in [-0.2, -0.15) is 4.72 Å². The van der Waals surface area contributed by atoms with E-state index in [1.165, 1.54) is 24.0 Å². The number of carbonyl (C=O) groups is 1. The quantitative estimate of drug-likeness (QED) is 0.706. The number of ether oxygens (including phenoxy) is 2. The highest BCUT2D eigenvalue weighted by atomic mass is 32.2. The van der Waals surface area contributed by atoms with Crippen molar-refractivity contribution in [1.82, 2.24) is 9.62 Å². The van der Waals surface area contributed by atoms with Crippen molar-refractivity contribution in [2.45, 2.75) is 38.1 Å². The van der Waals surface area contributed by atoms with Crippen LogP contribution in [0, 0.1) is 5.41 Å². The molecule has 1 aromatic rings. The van der Waals surface area contributed by atoms with Gasteiger partial charge in [-0.25, -0.2) is 8.42 Å². The summed E-state index contributed by atoms with van der Waals surface area (Å²) in [6.07, 6.45) is 0.728. The highest BCUT2D eigenvalue weighted by Crippen LogP contribution is 2.31. The summed E-state index contributed by atoms with van der Waals surface area (Å²) in [5.41, 5.74) is 5.45. The molecule has 9 heteroatoms. The Morgan fingerprint density at radius 1 is 1.30 bits per heavy atom. The molecule has 1 aliphatic heterocycles. The molecule has 1 aromatic carbocycles. The maximum Gasteiger partial charge on any atom is 0.241 e. The minimum atomic E-state index is -3.89. The number of carbonyl (C=O) groups excluding carboxylic acids is 1. The third-order valence-electron chi connectivity index (χ3n) is 4.33. The number of nitrogens with two attached hydrogens (primary N) is 1. The summed E-state index contributed by atoms with van der Waals surface area (Å²) in [5.74, 6) is 0.574. The molecule has 1 aliphatic rings. The second-order valence-corrected chi connectivity index (χ2v) is 9.28. The molecular weight excluding hydrogens is 370 g/mol. The Morgan fingerprint density at radius 3 is 2.56 bits per heavy atom. The van der Waals surface area contributed by atoms with E-state index < -0.39 is 16.1 Å². The predicted molar refractivity (Wildman–Crippen MR) is 102 cm³/mol. The van der Waals surface area contributed by atoms with Gasteiger partial charge in [0.05, 0.1) is 24.2 Å². The van der Waals surface area contributed by atoms with Crippen LogP contribution in [-0.2, 0) is 14.8 Å². The van der Waals surface area contributed by atoms with Crippen LogP contribution in [0.2, 0.25) is 0 Å². The van der Waals surface area contributed by atoms with Crippen LogP contribution in [0.15, 0.2) is 23.1 Å². The molecule has 2 rings (SSSR count). The van der Waals surface area contributed by atoms with Gasteiger partial charge in [-0.1, -0.05) is 13.8 Å². The highest BCUT2D eigenvalue weighted by molar-refractivity contribution is 7.89. The zero-order valence-electron chi connectivity index (χ0n) is 16.3. The van der Waals surface area contributed by atoms with Crippen molar-refractivity contribution in [2.24, 2.45) is 11.1 Å². The van der Waals surface area contributed by atoms with Crippen LogP contribution in [0.25, 0.3) is 0 Å². The lowest BCUT2D eigenvalue weighted by atomic mass is 9.93. The van der Waals surface area contributed by atoms with Crippen molar-refractivity contribution < 1.29 is 22.7 Å². The van der Waals surface area contributed by atoms with Crippen LogP contribution < -0.4 is 19.9 Å². The van der Waals surface area contributed by atoms with Gasteiger partial charge >= 0.3 is 0 Å². The molecule has 0 radical (unpaired) electrons. The van der Waals surface area contributed by atoms with Crippen LogP contribution in [0.1, 0.15) is 27.2 Å². The zero-order valence-corrected chi connectivity index (χ0v) is 17.1. The van der Waals surface area contributed by atoms with Crippen molar-refractivity contribution in [1.29, 1.82) is 0 Å². The van der Waals surface area contributed by atoms with Gasteiger partial charge in [-0.15, -0.1) is 0 Å². The average Bonchev–Trinajstić information content (AvgIpc) is 2.84. The Hall–Kier alpha value is -1.84. The van der Waals surface area contributed by atoms with Gasteiger partial charge in [0.1, 0.15) is 0 Å². The van der Waals surface area contributed by atoms with Gasteiger partial charge in [0, 0.05) is 26.1 Å². The molecule has 1 heterocycles. The maximum absolute atomic E-state index is 12.7. The molecule has 0 bridgehead atoms. The van der Waals surface area contributed by atoms with Crippen LogP contribution in [0.4, 0.5) is 0 Å². The monoisotopic (exact) mass is 399 g/mol. The molecule has 1 atom stereocenters. The minimum Gasteiger partial charge on any atom is -0.490 e. The molecule has 0 saturated carbocycles. The lowest BCUT2D eigenvalue weighted by Crippen LogP contribution is -2.48. The molecule has 0 fully saturated rings. The van der Waals surface area contributed by atoms with E-state index in [2.05, 4.69) is 4.72 Å². The van der Waals surface area contributed by atoms with E-state index in [0.29, 0.717) is 37.8 Å². The molecule has 1 unspecified atom stereocenters. The number of amides is 1. The topological polar surface area (TPSA) is 111 Å². The summed E-state index contributed by atoms with van der Waals surface area (Å²) < 4.78 is 38.9. The van der Waals surface area contributed by atoms with Crippen LogP contribution >= 0.6 is 0 Å². The third kappa shape index (κ3) is 5.57. The fourth-order valence-electron chi connectivity index (χ4n) is 2.78. The molecule has 0 saturated heterocycles. The van der Waals surface area contributed by atoms with Gasteiger partial charge in [0.2, 0.25) is 15.9 Å². The molecule has 0 aromatic heterocycles. The summed E-state index contributed by atoms with van der Waals surface area (Å²) in [4.78, 5) is 14.1. The van der Waals surface area contributed by atoms with Crippen LogP contribution in [0.5, 0.6) is 11.5 Å². The first-order chi connectivity index (χ1) is 12.6. The fraction of sp³-hybridized carbons (Fsp3) is 0.611. The van der Waals surface area contributed by atoms with E-state index >= 15 is 0 Å². The Labute approximate surface area is 161 Å². The summed E-state index contributed by atoms with van der Waals surface area (Å²) in [7, 11) is -2.25. The van der Waals surface area contributed by atoms with Gasteiger partial charge in [0.25, 0.3) is 0 Å². The molecule has 1 amide bonds. The number of rotatable bonds is 7. The lowest BCUT2D eigenvalue weighted by Gasteiger charge is -2.30. The number of hydrogen-bond acceptors (Lipinski definition) is 6. The molecule has 152 valence electrons. The fourth-order valence-corrected chi connectivity index (χ4v) is 3.99. The molecular formula is C18H29N3O5S. The molecule has 0 spiro atoms.